The second-order valence-corrected chi connectivity index (χ2v) is 5.88. The molecule has 0 bridgehead atoms. The zero-order valence-electron chi connectivity index (χ0n) is 11.7. The van der Waals surface area contributed by atoms with Gasteiger partial charge in [0.1, 0.15) is 0 Å². The summed E-state index contributed by atoms with van der Waals surface area (Å²) >= 11 is 1.74. The molecular formula is C18H17NS. The van der Waals surface area contributed by atoms with Gasteiger partial charge in [-0.2, -0.15) is 0 Å². The number of rotatable bonds is 3. The fourth-order valence-electron chi connectivity index (χ4n) is 2.52. The van der Waals surface area contributed by atoms with E-state index >= 15 is 0 Å². The van der Waals surface area contributed by atoms with Gasteiger partial charge in [-0.1, -0.05) is 48.5 Å². The van der Waals surface area contributed by atoms with Gasteiger partial charge < -0.3 is 0 Å². The van der Waals surface area contributed by atoms with Crippen molar-refractivity contribution in [3.63, 3.8) is 0 Å². The molecular weight excluding hydrogens is 262 g/mol. The Morgan fingerprint density at radius 1 is 1.00 bits per heavy atom. The second-order valence-electron chi connectivity index (χ2n) is 4.94. The van der Waals surface area contributed by atoms with Crippen molar-refractivity contribution in [1.82, 2.24) is 0 Å². The fourth-order valence-corrected chi connectivity index (χ4v) is 3.21. The standard InChI is InChI=1S/C18H17NS/c1-13(19-14(2)18-11-6-12-20-18)16-10-5-8-15-7-3-4-9-17(15)16/h3-13H,1-2H3/t13-/m1/s1. The third kappa shape index (κ3) is 2.52. The van der Waals surface area contributed by atoms with E-state index in [2.05, 4.69) is 73.8 Å². The van der Waals surface area contributed by atoms with Gasteiger partial charge in [-0.15, -0.1) is 11.3 Å². The molecule has 0 aliphatic rings. The maximum Gasteiger partial charge on any atom is 0.0730 e. The monoisotopic (exact) mass is 279 g/mol. The Bertz CT molecular complexity index is 736. The van der Waals surface area contributed by atoms with Gasteiger partial charge in [-0.3, -0.25) is 4.99 Å². The first-order chi connectivity index (χ1) is 9.75. The van der Waals surface area contributed by atoms with Gasteiger partial charge >= 0.3 is 0 Å². The molecule has 20 heavy (non-hydrogen) atoms. The van der Waals surface area contributed by atoms with Gasteiger partial charge in [-0.05, 0) is 41.6 Å². The van der Waals surface area contributed by atoms with Crippen molar-refractivity contribution in [3.05, 3.63) is 70.4 Å². The summed E-state index contributed by atoms with van der Waals surface area (Å²) in [6.07, 6.45) is 0. The van der Waals surface area contributed by atoms with Crippen LogP contribution in [0.25, 0.3) is 10.8 Å². The van der Waals surface area contributed by atoms with Crippen molar-refractivity contribution in [3.8, 4) is 0 Å². The lowest BCUT2D eigenvalue weighted by atomic mass is 10.00. The van der Waals surface area contributed by atoms with Crippen LogP contribution in [-0.4, -0.2) is 5.71 Å². The quantitative estimate of drug-likeness (QED) is 0.564. The Morgan fingerprint density at radius 3 is 2.60 bits per heavy atom. The Labute approximate surface area is 123 Å². The summed E-state index contributed by atoms with van der Waals surface area (Å²) in [5.41, 5.74) is 2.40. The molecule has 0 spiro atoms. The lowest BCUT2D eigenvalue weighted by Gasteiger charge is -2.12. The van der Waals surface area contributed by atoms with Crippen molar-refractivity contribution < 1.29 is 0 Å². The van der Waals surface area contributed by atoms with E-state index in [1.807, 2.05) is 0 Å². The van der Waals surface area contributed by atoms with E-state index < -0.39 is 0 Å². The average molecular weight is 279 g/mol. The molecule has 0 unspecified atom stereocenters. The van der Waals surface area contributed by atoms with Gasteiger partial charge in [0, 0.05) is 10.6 Å². The minimum absolute atomic E-state index is 0.170. The molecule has 0 radical (unpaired) electrons. The van der Waals surface area contributed by atoms with Crippen molar-refractivity contribution in [2.45, 2.75) is 19.9 Å². The highest BCUT2D eigenvalue weighted by atomic mass is 32.1. The van der Waals surface area contributed by atoms with Gasteiger partial charge in [0.15, 0.2) is 0 Å². The van der Waals surface area contributed by atoms with Crippen LogP contribution < -0.4 is 0 Å². The van der Waals surface area contributed by atoms with E-state index in [1.54, 1.807) is 11.3 Å². The number of nitrogens with zero attached hydrogens (tertiary/aromatic N) is 1. The van der Waals surface area contributed by atoms with Crippen LogP contribution in [0.1, 0.15) is 30.3 Å². The normalized spacial score (nSPS) is 13.6. The van der Waals surface area contributed by atoms with Crippen molar-refractivity contribution in [2.24, 2.45) is 4.99 Å². The average Bonchev–Trinajstić information content (AvgIpc) is 3.01. The minimum Gasteiger partial charge on any atom is -0.281 e. The van der Waals surface area contributed by atoms with Crippen LogP contribution >= 0.6 is 11.3 Å². The summed E-state index contributed by atoms with van der Waals surface area (Å²) in [4.78, 5) is 6.11. The highest BCUT2D eigenvalue weighted by molar-refractivity contribution is 7.12. The smallest absolute Gasteiger partial charge is 0.0730 e. The molecule has 0 N–H and O–H groups in total. The molecule has 1 nitrogen and oxygen atoms in total. The Balaban J connectivity index is 2.01. The van der Waals surface area contributed by atoms with Crippen molar-refractivity contribution in [2.75, 3.05) is 0 Å². The molecule has 0 amide bonds. The highest BCUT2D eigenvalue weighted by Crippen LogP contribution is 2.27. The SMILES string of the molecule is CC(=N[C@H](C)c1cccc2ccccc12)c1cccs1. The molecule has 1 heterocycles. The zero-order valence-corrected chi connectivity index (χ0v) is 12.5. The number of fused-ring (bicyclic) bond motifs is 1. The van der Waals surface area contributed by atoms with E-state index in [0.717, 1.165) is 5.71 Å². The molecule has 100 valence electrons. The third-order valence-corrected chi connectivity index (χ3v) is 4.52. The van der Waals surface area contributed by atoms with Crippen LogP contribution in [0.15, 0.2) is 65.0 Å². The van der Waals surface area contributed by atoms with Crippen LogP contribution in [0, 0.1) is 0 Å². The van der Waals surface area contributed by atoms with E-state index in [-0.39, 0.29) is 6.04 Å². The number of hydrogen-bond donors (Lipinski definition) is 0. The van der Waals surface area contributed by atoms with E-state index in [1.165, 1.54) is 21.2 Å². The predicted octanol–water partition coefficient (Wildman–Crippen LogP) is 5.47. The van der Waals surface area contributed by atoms with Crippen LogP contribution in [0.3, 0.4) is 0 Å². The van der Waals surface area contributed by atoms with Crippen LogP contribution in [0.2, 0.25) is 0 Å². The van der Waals surface area contributed by atoms with Gasteiger partial charge in [0.2, 0.25) is 0 Å². The summed E-state index contributed by atoms with van der Waals surface area (Å²) < 4.78 is 0. The molecule has 0 fully saturated rings. The van der Waals surface area contributed by atoms with Gasteiger partial charge in [0.05, 0.1) is 6.04 Å². The molecule has 1 aromatic heterocycles. The molecule has 3 rings (SSSR count). The summed E-state index contributed by atoms with van der Waals surface area (Å²) in [5.74, 6) is 0. The van der Waals surface area contributed by atoms with Crippen molar-refractivity contribution >= 4 is 27.8 Å². The molecule has 3 aromatic rings. The van der Waals surface area contributed by atoms with Gasteiger partial charge in [-0.25, -0.2) is 0 Å². The molecule has 0 saturated carbocycles. The summed E-state index contributed by atoms with van der Waals surface area (Å²) in [5, 5.41) is 4.67. The Morgan fingerprint density at radius 2 is 1.80 bits per heavy atom. The zero-order chi connectivity index (χ0) is 13.9. The van der Waals surface area contributed by atoms with Crippen molar-refractivity contribution in [1.29, 1.82) is 0 Å². The predicted molar refractivity (Wildman–Crippen MR) is 88.9 cm³/mol. The maximum absolute atomic E-state index is 4.87. The van der Waals surface area contributed by atoms with E-state index in [4.69, 9.17) is 4.99 Å². The summed E-state index contributed by atoms with van der Waals surface area (Å²) in [6, 6.07) is 19.3. The summed E-state index contributed by atoms with van der Waals surface area (Å²) in [6.45, 7) is 4.26. The first-order valence-electron chi connectivity index (χ1n) is 6.81. The fraction of sp³-hybridized carbons (Fsp3) is 0.167. The first-order valence-corrected chi connectivity index (χ1v) is 7.69. The Hall–Kier alpha value is -1.93. The first kappa shape index (κ1) is 13.1. The Kier molecular flexibility index (Phi) is 3.66. The number of hydrogen-bond acceptors (Lipinski definition) is 2. The van der Waals surface area contributed by atoms with E-state index in [9.17, 15) is 0 Å². The molecule has 0 aliphatic carbocycles. The van der Waals surface area contributed by atoms with Gasteiger partial charge in [0.25, 0.3) is 0 Å². The lowest BCUT2D eigenvalue weighted by Crippen LogP contribution is -1.97. The van der Waals surface area contributed by atoms with E-state index in [0.29, 0.717) is 0 Å². The number of aliphatic imine (C=N–C) groups is 1. The molecule has 2 heteroatoms. The minimum atomic E-state index is 0.170. The molecule has 0 aliphatic heterocycles. The second kappa shape index (κ2) is 5.59. The largest absolute Gasteiger partial charge is 0.281 e. The number of thiophene rings is 1. The summed E-state index contributed by atoms with van der Waals surface area (Å²) in [7, 11) is 0. The van der Waals surface area contributed by atoms with Crippen LogP contribution in [0.5, 0.6) is 0 Å². The number of benzene rings is 2. The molecule has 1 atom stereocenters. The van der Waals surface area contributed by atoms with Crippen LogP contribution in [-0.2, 0) is 0 Å². The lowest BCUT2D eigenvalue weighted by molar-refractivity contribution is 0.828. The topological polar surface area (TPSA) is 12.4 Å². The molecule has 2 aromatic carbocycles. The maximum atomic E-state index is 4.87. The van der Waals surface area contributed by atoms with Crippen LogP contribution in [0.4, 0.5) is 0 Å². The molecule has 0 saturated heterocycles. The highest BCUT2D eigenvalue weighted by Gasteiger charge is 2.09. The third-order valence-electron chi connectivity index (χ3n) is 3.54.